The van der Waals surface area contributed by atoms with Gasteiger partial charge < -0.3 is 5.11 Å². The molecular weight excluding hydrogens is 272 g/mol. The second-order valence-electron chi connectivity index (χ2n) is 2.53. The van der Waals surface area contributed by atoms with Crippen molar-refractivity contribution in [2.45, 2.75) is 18.9 Å². The molecule has 0 radical (unpaired) electrons. The van der Waals surface area contributed by atoms with Crippen molar-refractivity contribution in [1.29, 1.82) is 0 Å². The summed E-state index contributed by atoms with van der Waals surface area (Å²) < 4.78 is 1.49. The maximum absolute atomic E-state index is 9.62. The SMILES string of the molecule is C#CCCC(O)c1cc(Br)c(Cl)s1. The van der Waals surface area contributed by atoms with E-state index in [9.17, 15) is 5.11 Å². The van der Waals surface area contributed by atoms with E-state index in [-0.39, 0.29) is 0 Å². The largest absolute Gasteiger partial charge is 0.388 e. The van der Waals surface area contributed by atoms with E-state index in [0.29, 0.717) is 17.2 Å². The molecule has 1 rings (SSSR count). The molecule has 1 atom stereocenters. The van der Waals surface area contributed by atoms with Crippen LogP contribution in [-0.4, -0.2) is 5.11 Å². The summed E-state index contributed by atoms with van der Waals surface area (Å²) in [6.07, 6.45) is 5.76. The van der Waals surface area contributed by atoms with E-state index in [4.69, 9.17) is 18.0 Å². The Bertz CT molecular complexity index is 309. The van der Waals surface area contributed by atoms with Crippen LogP contribution in [0.5, 0.6) is 0 Å². The highest BCUT2D eigenvalue weighted by molar-refractivity contribution is 9.10. The normalized spacial score (nSPS) is 12.5. The molecule has 0 amide bonds. The van der Waals surface area contributed by atoms with Crippen LogP contribution in [0.2, 0.25) is 4.34 Å². The number of terminal acetylenes is 1. The van der Waals surface area contributed by atoms with E-state index in [2.05, 4.69) is 21.9 Å². The maximum Gasteiger partial charge on any atom is 0.107 e. The van der Waals surface area contributed by atoms with Gasteiger partial charge in [0.05, 0.1) is 6.10 Å². The average molecular weight is 280 g/mol. The molecule has 0 aliphatic carbocycles. The molecule has 0 spiro atoms. The van der Waals surface area contributed by atoms with Gasteiger partial charge in [0, 0.05) is 15.8 Å². The number of rotatable bonds is 3. The Labute approximate surface area is 94.9 Å². The van der Waals surface area contributed by atoms with Crippen LogP contribution >= 0.6 is 38.9 Å². The molecule has 1 aromatic heterocycles. The Balaban J connectivity index is 2.67. The average Bonchev–Trinajstić information content (AvgIpc) is 2.43. The fourth-order valence-electron chi connectivity index (χ4n) is 0.890. The van der Waals surface area contributed by atoms with Gasteiger partial charge in [0.2, 0.25) is 0 Å². The van der Waals surface area contributed by atoms with E-state index in [1.165, 1.54) is 11.3 Å². The van der Waals surface area contributed by atoms with Crippen molar-refractivity contribution >= 4 is 38.9 Å². The Kier molecular flexibility index (Phi) is 4.27. The van der Waals surface area contributed by atoms with Crippen LogP contribution in [0.25, 0.3) is 0 Å². The molecule has 1 nitrogen and oxygen atoms in total. The zero-order valence-electron chi connectivity index (χ0n) is 6.76. The third-order valence-electron chi connectivity index (χ3n) is 1.55. The maximum atomic E-state index is 9.62. The standard InChI is InChI=1S/C9H8BrClOS/c1-2-3-4-7(12)8-5-6(10)9(11)13-8/h1,5,7,12H,3-4H2. The lowest BCUT2D eigenvalue weighted by atomic mass is 10.2. The molecule has 0 aliphatic rings. The summed E-state index contributed by atoms with van der Waals surface area (Å²) in [7, 11) is 0. The molecule has 70 valence electrons. The number of thiophene rings is 1. The first-order valence-corrected chi connectivity index (χ1v) is 5.70. The van der Waals surface area contributed by atoms with E-state index in [1.54, 1.807) is 0 Å². The summed E-state index contributed by atoms with van der Waals surface area (Å²) in [6, 6.07) is 1.83. The second kappa shape index (κ2) is 5.02. The van der Waals surface area contributed by atoms with Gasteiger partial charge in [-0.3, -0.25) is 0 Å². The van der Waals surface area contributed by atoms with E-state index in [0.717, 1.165) is 9.35 Å². The zero-order valence-corrected chi connectivity index (χ0v) is 9.92. The van der Waals surface area contributed by atoms with Crippen LogP contribution in [0.4, 0.5) is 0 Å². The lowest BCUT2D eigenvalue weighted by molar-refractivity contribution is 0.173. The highest BCUT2D eigenvalue weighted by atomic mass is 79.9. The van der Waals surface area contributed by atoms with Gasteiger partial charge in [-0.2, -0.15) is 0 Å². The first-order valence-electron chi connectivity index (χ1n) is 3.71. The smallest absolute Gasteiger partial charge is 0.107 e. The number of hydrogen-bond donors (Lipinski definition) is 1. The van der Waals surface area contributed by atoms with Gasteiger partial charge in [0.25, 0.3) is 0 Å². The minimum atomic E-state index is -0.496. The number of halogens is 2. The summed E-state index contributed by atoms with van der Waals surface area (Å²) in [6.45, 7) is 0. The van der Waals surface area contributed by atoms with Crippen LogP contribution in [0.3, 0.4) is 0 Å². The van der Waals surface area contributed by atoms with Gasteiger partial charge in [0.15, 0.2) is 0 Å². The monoisotopic (exact) mass is 278 g/mol. The van der Waals surface area contributed by atoms with Crippen LogP contribution in [-0.2, 0) is 0 Å². The van der Waals surface area contributed by atoms with Gasteiger partial charge in [-0.05, 0) is 28.4 Å². The molecule has 1 N–H and O–H groups in total. The van der Waals surface area contributed by atoms with E-state index < -0.39 is 6.10 Å². The lowest BCUT2D eigenvalue weighted by Crippen LogP contribution is -1.92. The molecule has 1 unspecified atom stereocenters. The number of hydrogen-bond acceptors (Lipinski definition) is 2. The Morgan fingerprint density at radius 3 is 2.92 bits per heavy atom. The molecule has 4 heteroatoms. The fourth-order valence-corrected chi connectivity index (χ4v) is 2.65. The van der Waals surface area contributed by atoms with Crippen LogP contribution < -0.4 is 0 Å². The van der Waals surface area contributed by atoms with Crippen LogP contribution in [0, 0.1) is 12.3 Å². The Morgan fingerprint density at radius 1 is 1.77 bits per heavy atom. The van der Waals surface area contributed by atoms with Crippen molar-refractivity contribution in [2.24, 2.45) is 0 Å². The van der Waals surface area contributed by atoms with Gasteiger partial charge in [-0.25, -0.2) is 0 Å². The molecule has 0 saturated heterocycles. The van der Waals surface area contributed by atoms with Crippen molar-refractivity contribution in [3.8, 4) is 12.3 Å². The van der Waals surface area contributed by atoms with E-state index in [1.807, 2.05) is 6.07 Å². The highest BCUT2D eigenvalue weighted by Gasteiger charge is 2.12. The minimum absolute atomic E-state index is 0.496. The number of aliphatic hydroxyl groups is 1. The predicted molar refractivity (Wildman–Crippen MR) is 60.1 cm³/mol. The van der Waals surface area contributed by atoms with Gasteiger partial charge in [0.1, 0.15) is 4.34 Å². The van der Waals surface area contributed by atoms with Crippen LogP contribution in [0.1, 0.15) is 23.8 Å². The summed E-state index contributed by atoms with van der Waals surface area (Å²) in [5.74, 6) is 2.49. The summed E-state index contributed by atoms with van der Waals surface area (Å²) >= 11 is 10.5. The Morgan fingerprint density at radius 2 is 2.46 bits per heavy atom. The summed E-state index contributed by atoms with van der Waals surface area (Å²) in [4.78, 5) is 0.854. The van der Waals surface area contributed by atoms with Gasteiger partial charge >= 0.3 is 0 Å². The Hall–Kier alpha value is -0.0100. The molecule has 0 aromatic carbocycles. The van der Waals surface area contributed by atoms with Crippen LogP contribution in [0.15, 0.2) is 10.5 Å². The number of aliphatic hydroxyl groups excluding tert-OH is 1. The highest BCUT2D eigenvalue weighted by Crippen LogP contribution is 2.36. The second-order valence-corrected chi connectivity index (χ2v) is 5.07. The zero-order chi connectivity index (χ0) is 9.84. The van der Waals surface area contributed by atoms with Crippen molar-refractivity contribution in [3.63, 3.8) is 0 Å². The van der Waals surface area contributed by atoms with Gasteiger partial charge in [-0.1, -0.05) is 11.6 Å². The molecule has 0 saturated carbocycles. The lowest BCUT2D eigenvalue weighted by Gasteiger charge is -2.04. The summed E-state index contributed by atoms with van der Waals surface area (Å²) in [5, 5.41) is 9.62. The molecule has 1 heterocycles. The quantitative estimate of drug-likeness (QED) is 0.838. The molecule has 13 heavy (non-hydrogen) atoms. The van der Waals surface area contributed by atoms with Crippen molar-refractivity contribution in [2.75, 3.05) is 0 Å². The third-order valence-corrected chi connectivity index (χ3v) is 4.13. The minimum Gasteiger partial charge on any atom is -0.388 e. The molecular formula is C9H8BrClOS. The third kappa shape index (κ3) is 2.99. The first kappa shape index (κ1) is 11.1. The first-order chi connectivity index (χ1) is 6.15. The fraction of sp³-hybridized carbons (Fsp3) is 0.333. The van der Waals surface area contributed by atoms with E-state index >= 15 is 0 Å². The summed E-state index contributed by atoms with van der Waals surface area (Å²) in [5.41, 5.74) is 0. The topological polar surface area (TPSA) is 20.2 Å². The van der Waals surface area contributed by atoms with Gasteiger partial charge in [-0.15, -0.1) is 23.7 Å². The van der Waals surface area contributed by atoms with Crippen molar-refractivity contribution < 1.29 is 5.11 Å². The predicted octanol–water partition coefficient (Wildman–Crippen LogP) is 3.61. The van der Waals surface area contributed by atoms with Crippen molar-refractivity contribution in [3.05, 3.63) is 19.8 Å². The molecule has 0 aliphatic heterocycles. The molecule has 0 bridgehead atoms. The molecule has 1 aromatic rings. The van der Waals surface area contributed by atoms with Crippen molar-refractivity contribution in [1.82, 2.24) is 0 Å². The molecule has 0 fully saturated rings.